The highest BCUT2D eigenvalue weighted by atomic mass is 16.5. The topological polar surface area (TPSA) is 45.3 Å². The summed E-state index contributed by atoms with van der Waals surface area (Å²) in [5.74, 6) is 0.110. The number of hydrogen-bond donors (Lipinski definition) is 1. The fraction of sp³-hybridized carbons (Fsp3) is 0.421. The molecule has 1 amide bonds. The zero-order valence-electron chi connectivity index (χ0n) is 13.6. The van der Waals surface area contributed by atoms with Crippen LogP contribution < -0.4 is 0 Å². The van der Waals surface area contributed by atoms with E-state index in [9.17, 15) is 4.79 Å². The van der Waals surface area contributed by atoms with E-state index in [1.54, 1.807) is 0 Å². The summed E-state index contributed by atoms with van der Waals surface area (Å²) in [5.41, 5.74) is 3.05. The predicted molar refractivity (Wildman–Crippen MR) is 90.6 cm³/mol. The Morgan fingerprint density at radius 1 is 1.30 bits per heavy atom. The van der Waals surface area contributed by atoms with Crippen molar-refractivity contribution in [1.82, 2.24) is 9.88 Å². The summed E-state index contributed by atoms with van der Waals surface area (Å²) in [6, 6.07) is 12.3. The highest BCUT2D eigenvalue weighted by Gasteiger charge is 2.28. The van der Waals surface area contributed by atoms with Gasteiger partial charge < -0.3 is 14.6 Å². The molecule has 2 aromatic rings. The van der Waals surface area contributed by atoms with Crippen LogP contribution in [-0.2, 0) is 11.2 Å². The first-order valence-corrected chi connectivity index (χ1v) is 8.33. The highest BCUT2D eigenvalue weighted by molar-refractivity contribution is 5.95. The van der Waals surface area contributed by atoms with Crippen molar-refractivity contribution in [2.45, 2.75) is 32.3 Å². The Morgan fingerprint density at radius 3 is 2.87 bits per heavy atom. The second kappa shape index (κ2) is 7.47. The molecular formula is C19H24N2O2. The largest absolute Gasteiger partial charge is 0.376 e. The molecular weight excluding hydrogens is 288 g/mol. The highest BCUT2D eigenvalue weighted by Crippen LogP contribution is 2.18. The van der Waals surface area contributed by atoms with Gasteiger partial charge in [-0.3, -0.25) is 4.79 Å². The standard InChI is InChI=1S/C19H24N2O2/c1-15-18(9-11-20-15)19(22)21-12-10-17(14-21)23-13-5-8-16-6-3-2-4-7-16/h2-4,6-7,9,11,17,20H,5,8,10,12-14H2,1H3. The quantitative estimate of drug-likeness (QED) is 0.833. The Labute approximate surface area is 137 Å². The van der Waals surface area contributed by atoms with Crippen molar-refractivity contribution in [3.63, 3.8) is 0 Å². The van der Waals surface area contributed by atoms with E-state index in [0.717, 1.165) is 43.7 Å². The molecule has 1 unspecified atom stereocenters. The van der Waals surface area contributed by atoms with E-state index < -0.39 is 0 Å². The van der Waals surface area contributed by atoms with Crippen LogP contribution in [0.25, 0.3) is 0 Å². The molecule has 4 nitrogen and oxygen atoms in total. The summed E-state index contributed by atoms with van der Waals surface area (Å²) in [7, 11) is 0. The summed E-state index contributed by atoms with van der Waals surface area (Å²) in [6.07, 6.45) is 4.98. The van der Waals surface area contributed by atoms with Crippen molar-refractivity contribution in [3.8, 4) is 0 Å². The smallest absolute Gasteiger partial charge is 0.255 e. The van der Waals surface area contributed by atoms with Crippen LogP contribution in [0, 0.1) is 6.92 Å². The molecule has 0 spiro atoms. The maximum absolute atomic E-state index is 12.4. The summed E-state index contributed by atoms with van der Waals surface area (Å²) in [5, 5.41) is 0. The second-order valence-electron chi connectivity index (χ2n) is 6.14. The van der Waals surface area contributed by atoms with Crippen molar-refractivity contribution >= 4 is 5.91 Å². The van der Waals surface area contributed by atoms with Crippen molar-refractivity contribution in [3.05, 3.63) is 59.4 Å². The van der Waals surface area contributed by atoms with E-state index in [4.69, 9.17) is 4.74 Å². The number of benzene rings is 1. The molecule has 0 saturated carbocycles. The van der Waals surface area contributed by atoms with Crippen LogP contribution >= 0.6 is 0 Å². The van der Waals surface area contributed by atoms with Gasteiger partial charge in [-0.25, -0.2) is 0 Å². The number of likely N-dealkylation sites (tertiary alicyclic amines) is 1. The van der Waals surface area contributed by atoms with E-state index >= 15 is 0 Å². The summed E-state index contributed by atoms with van der Waals surface area (Å²) in [6.45, 7) is 4.17. The number of carbonyl (C=O) groups excluding carboxylic acids is 1. The van der Waals surface area contributed by atoms with Gasteiger partial charge in [0.25, 0.3) is 5.91 Å². The number of aromatic nitrogens is 1. The van der Waals surface area contributed by atoms with Crippen LogP contribution in [-0.4, -0.2) is 41.6 Å². The Hall–Kier alpha value is -2.07. The normalized spacial score (nSPS) is 17.6. The van der Waals surface area contributed by atoms with Gasteiger partial charge in [-0.15, -0.1) is 0 Å². The number of nitrogens with one attached hydrogen (secondary N) is 1. The third kappa shape index (κ3) is 4.02. The molecule has 0 aliphatic carbocycles. The molecule has 4 heteroatoms. The van der Waals surface area contributed by atoms with Gasteiger partial charge in [-0.05, 0) is 37.8 Å². The number of ether oxygens (including phenoxy) is 1. The van der Waals surface area contributed by atoms with Crippen LogP contribution in [0.3, 0.4) is 0 Å². The SMILES string of the molecule is Cc1[nH]ccc1C(=O)N1CCC(OCCCc2ccccc2)C1. The number of hydrogen-bond acceptors (Lipinski definition) is 2. The number of H-pyrrole nitrogens is 1. The van der Waals surface area contributed by atoms with Gasteiger partial charge in [0.2, 0.25) is 0 Å². The molecule has 1 saturated heterocycles. The molecule has 2 heterocycles. The molecule has 0 bridgehead atoms. The average Bonchev–Trinajstić information content (AvgIpc) is 3.21. The van der Waals surface area contributed by atoms with Crippen LogP contribution in [0.5, 0.6) is 0 Å². The molecule has 0 radical (unpaired) electrons. The minimum absolute atomic E-state index is 0.110. The number of aromatic amines is 1. The van der Waals surface area contributed by atoms with Gasteiger partial charge in [0.15, 0.2) is 0 Å². The summed E-state index contributed by atoms with van der Waals surface area (Å²) >= 11 is 0. The van der Waals surface area contributed by atoms with Crippen LogP contribution in [0.1, 0.15) is 34.5 Å². The molecule has 1 aromatic heterocycles. The Kier molecular flexibility index (Phi) is 5.13. The van der Waals surface area contributed by atoms with E-state index in [-0.39, 0.29) is 12.0 Å². The molecule has 1 aliphatic heterocycles. The Balaban J connectivity index is 1.40. The zero-order valence-corrected chi connectivity index (χ0v) is 13.6. The Morgan fingerprint density at radius 2 is 2.13 bits per heavy atom. The lowest BCUT2D eigenvalue weighted by Gasteiger charge is -2.16. The van der Waals surface area contributed by atoms with Crippen LogP contribution in [0.15, 0.2) is 42.6 Å². The predicted octanol–water partition coefficient (Wildman–Crippen LogP) is 3.19. The first-order valence-electron chi connectivity index (χ1n) is 8.33. The van der Waals surface area contributed by atoms with Gasteiger partial charge >= 0.3 is 0 Å². The minimum atomic E-state index is 0.110. The first-order chi connectivity index (χ1) is 11.2. The molecule has 122 valence electrons. The molecule has 3 rings (SSSR count). The third-order valence-electron chi connectivity index (χ3n) is 4.42. The number of aryl methyl sites for hydroxylation is 2. The lowest BCUT2D eigenvalue weighted by Crippen LogP contribution is -2.30. The summed E-state index contributed by atoms with van der Waals surface area (Å²) in [4.78, 5) is 17.4. The molecule has 23 heavy (non-hydrogen) atoms. The van der Waals surface area contributed by atoms with E-state index in [2.05, 4.69) is 29.2 Å². The maximum atomic E-state index is 12.4. The second-order valence-corrected chi connectivity index (χ2v) is 6.14. The lowest BCUT2D eigenvalue weighted by molar-refractivity contribution is 0.0524. The number of rotatable bonds is 6. The molecule has 1 aliphatic rings. The minimum Gasteiger partial charge on any atom is -0.376 e. The van der Waals surface area contributed by atoms with Crippen LogP contribution in [0.4, 0.5) is 0 Å². The summed E-state index contributed by atoms with van der Waals surface area (Å²) < 4.78 is 5.95. The van der Waals surface area contributed by atoms with Gasteiger partial charge in [0.05, 0.1) is 11.7 Å². The molecule has 1 N–H and O–H groups in total. The van der Waals surface area contributed by atoms with E-state index in [0.29, 0.717) is 6.54 Å². The van der Waals surface area contributed by atoms with Gasteiger partial charge in [0.1, 0.15) is 0 Å². The Bertz CT molecular complexity index is 636. The van der Waals surface area contributed by atoms with Crippen molar-refractivity contribution in [2.75, 3.05) is 19.7 Å². The fourth-order valence-corrected chi connectivity index (χ4v) is 3.07. The van der Waals surface area contributed by atoms with E-state index in [1.807, 2.05) is 30.2 Å². The van der Waals surface area contributed by atoms with Crippen molar-refractivity contribution in [2.24, 2.45) is 0 Å². The average molecular weight is 312 g/mol. The van der Waals surface area contributed by atoms with E-state index in [1.165, 1.54) is 5.56 Å². The van der Waals surface area contributed by atoms with Gasteiger partial charge in [-0.2, -0.15) is 0 Å². The third-order valence-corrected chi connectivity index (χ3v) is 4.42. The first kappa shape index (κ1) is 15.8. The molecule has 1 aromatic carbocycles. The van der Waals surface area contributed by atoms with Gasteiger partial charge in [-0.1, -0.05) is 30.3 Å². The lowest BCUT2D eigenvalue weighted by atomic mass is 10.1. The molecule has 1 fully saturated rings. The zero-order chi connectivity index (χ0) is 16.1. The van der Waals surface area contributed by atoms with Crippen molar-refractivity contribution in [1.29, 1.82) is 0 Å². The monoisotopic (exact) mass is 312 g/mol. The van der Waals surface area contributed by atoms with Crippen molar-refractivity contribution < 1.29 is 9.53 Å². The maximum Gasteiger partial charge on any atom is 0.255 e. The number of nitrogens with zero attached hydrogens (tertiary/aromatic N) is 1. The van der Waals surface area contributed by atoms with Gasteiger partial charge in [0, 0.05) is 31.6 Å². The number of carbonyl (C=O) groups is 1. The number of amides is 1. The fourth-order valence-electron chi connectivity index (χ4n) is 3.07. The van der Waals surface area contributed by atoms with Crippen LogP contribution in [0.2, 0.25) is 0 Å². The molecule has 1 atom stereocenters.